The summed E-state index contributed by atoms with van der Waals surface area (Å²) in [5.41, 5.74) is 0.841. The van der Waals surface area contributed by atoms with E-state index in [1.54, 1.807) is 16.8 Å². The first-order chi connectivity index (χ1) is 7.16. The molecule has 0 saturated carbocycles. The molecule has 0 atom stereocenters. The van der Waals surface area contributed by atoms with Gasteiger partial charge >= 0.3 is 0 Å². The molecule has 0 spiro atoms. The molecule has 2 rings (SSSR count). The predicted octanol–water partition coefficient (Wildman–Crippen LogP) is 1.51. The highest BCUT2D eigenvalue weighted by Gasteiger charge is 2.11. The van der Waals surface area contributed by atoms with Gasteiger partial charge in [0.15, 0.2) is 0 Å². The van der Waals surface area contributed by atoms with Gasteiger partial charge in [0.2, 0.25) is 5.82 Å². The van der Waals surface area contributed by atoms with E-state index in [1.807, 2.05) is 26.1 Å². The van der Waals surface area contributed by atoms with E-state index in [0.29, 0.717) is 5.82 Å². The molecular formula is C11H11FN3+. The summed E-state index contributed by atoms with van der Waals surface area (Å²) >= 11 is 0. The van der Waals surface area contributed by atoms with E-state index < -0.39 is 5.95 Å². The number of pyridine rings is 1. The van der Waals surface area contributed by atoms with Gasteiger partial charge in [-0.15, -0.1) is 4.98 Å². The smallest absolute Gasteiger partial charge is 0.204 e. The Bertz CT molecular complexity index is 477. The van der Waals surface area contributed by atoms with Crippen LogP contribution >= 0.6 is 0 Å². The van der Waals surface area contributed by atoms with Crippen LogP contribution < -0.4 is 4.57 Å². The SMILES string of the molecule is Cc1cc(F)nc(-[n+]2cccnc2C)c1. The molecule has 15 heavy (non-hydrogen) atoms. The molecule has 2 aromatic heterocycles. The van der Waals surface area contributed by atoms with Crippen LogP contribution in [0.1, 0.15) is 11.4 Å². The molecule has 4 heteroatoms. The number of aromatic nitrogens is 3. The van der Waals surface area contributed by atoms with Crippen LogP contribution in [0.2, 0.25) is 0 Å². The molecular weight excluding hydrogens is 193 g/mol. The van der Waals surface area contributed by atoms with Gasteiger partial charge < -0.3 is 0 Å². The number of rotatable bonds is 1. The second kappa shape index (κ2) is 3.73. The van der Waals surface area contributed by atoms with Crippen molar-refractivity contribution in [2.24, 2.45) is 0 Å². The van der Waals surface area contributed by atoms with E-state index >= 15 is 0 Å². The van der Waals surface area contributed by atoms with Crippen LogP contribution in [0.3, 0.4) is 0 Å². The van der Waals surface area contributed by atoms with E-state index in [2.05, 4.69) is 9.97 Å². The average molecular weight is 204 g/mol. The van der Waals surface area contributed by atoms with Gasteiger partial charge in [-0.3, -0.25) is 0 Å². The number of aryl methyl sites for hydroxylation is 2. The van der Waals surface area contributed by atoms with Crippen LogP contribution in [-0.2, 0) is 0 Å². The number of hydrogen-bond donors (Lipinski definition) is 0. The Balaban J connectivity index is 2.59. The fraction of sp³-hybridized carbons (Fsp3) is 0.182. The lowest BCUT2D eigenvalue weighted by molar-refractivity contribution is -0.610. The zero-order valence-corrected chi connectivity index (χ0v) is 8.61. The zero-order valence-electron chi connectivity index (χ0n) is 8.61. The number of hydrogen-bond acceptors (Lipinski definition) is 2. The van der Waals surface area contributed by atoms with Crippen molar-refractivity contribution >= 4 is 0 Å². The maximum absolute atomic E-state index is 13.1. The molecule has 2 heterocycles. The van der Waals surface area contributed by atoms with Crippen LogP contribution in [0.15, 0.2) is 30.6 Å². The molecule has 76 valence electrons. The van der Waals surface area contributed by atoms with Crippen molar-refractivity contribution in [1.82, 2.24) is 9.97 Å². The minimum absolute atomic E-state index is 0.472. The van der Waals surface area contributed by atoms with Gasteiger partial charge in [0.25, 0.3) is 11.8 Å². The quantitative estimate of drug-likeness (QED) is 0.520. The van der Waals surface area contributed by atoms with Crippen LogP contribution in [0.5, 0.6) is 0 Å². The minimum Gasteiger partial charge on any atom is -0.204 e. The fourth-order valence-electron chi connectivity index (χ4n) is 1.42. The molecule has 0 aliphatic carbocycles. The minimum atomic E-state index is -0.472. The normalized spacial score (nSPS) is 10.3. The topological polar surface area (TPSA) is 29.7 Å². The van der Waals surface area contributed by atoms with Gasteiger partial charge in [-0.1, -0.05) is 4.98 Å². The number of halogens is 1. The lowest BCUT2D eigenvalue weighted by Gasteiger charge is -2.00. The summed E-state index contributed by atoms with van der Waals surface area (Å²) in [5, 5.41) is 0. The highest BCUT2D eigenvalue weighted by Crippen LogP contribution is 2.03. The molecule has 0 aliphatic heterocycles. The van der Waals surface area contributed by atoms with Crippen LogP contribution in [0, 0.1) is 19.8 Å². The monoisotopic (exact) mass is 204 g/mol. The fourth-order valence-corrected chi connectivity index (χ4v) is 1.42. The summed E-state index contributed by atoms with van der Waals surface area (Å²) < 4.78 is 14.8. The van der Waals surface area contributed by atoms with E-state index in [1.165, 1.54) is 6.07 Å². The van der Waals surface area contributed by atoms with E-state index in [0.717, 1.165) is 11.4 Å². The third-order valence-corrected chi connectivity index (χ3v) is 2.10. The molecule has 3 nitrogen and oxygen atoms in total. The van der Waals surface area contributed by atoms with Crippen molar-refractivity contribution in [1.29, 1.82) is 0 Å². The van der Waals surface area contributed by atoms with Crippen molar-refractivity contribution < 1.29 is 8.96 Å². The second-order valence-electron chi connectivity index (χ2n) is 3.36. The summed E-state index contributed by atoms with van der Waals surface area (Å²) in [7, 11) is 0. The molecule has 0 bridgehead atoms. The third kappa shape index (κ3) is 1.98. The third-order valence-electron chi connectivity index (χ3n) is 2.10. The largest absolute Gasteiger partial charge is 0.285 e. The summed E-state index contributed by atoms with van der Waals surface area (Å²) in [6.45, 7) is 3.68. The highest BCUT2D eigenvalue weighted by molar-refractivity contribution is 5.20. The van der Waals surface area contributed by atoms with Crippen molar-refractivity contribution in [2.75, 3.05) is 0 Å². The maximum atomic E-state index is 13.1. The van der Waals surface area contributed by atoms with Crippen molar-refractivity contribution in [2.45, 2.75) is 13.8 Å². The second-order valence-corrected chi connectivity index (χ2v) is 3.36. The predicted molar refractivity (Wildman–Crippen MR) is 53.0 cm³/mol. The van der Waals surface area contributed by atoms with Crippen molar-refractivity contribution in [3.05, 3.63) is 47.9 Å². The van der Waals surface area contributed by atoms with Gasteiger partial charge in [-0.2, -0.15) is 4.39 Å². The Morgan fingerprint density at radius 3 is 2.73 bits per heavy atom. The Morgan fingerprint density at radius 1 is 1.27 bits per heavy atom. The van der Waals surface area contributed by atoms with Crippen LogP contribution in [-0.4, -0.2) is 9.97 Å². The Hall–Kier alpha value is -1.84. The van der Waals surface area contributed by atoms with Gasteiger partial charge in [0, 0.05) is 25.1 Å². The number of nitrogens with zero attached hydrogens (tertiary/aromatic N) is 3. The first-order valence-electron chi connectivity index (χ1n) is 4.64. The van der Waals surface area contributed by atoms with E-state index in [-0.39, 0.29) is 0 Å². The van der Waals surface area contributed by atoms with Crippen LogP contribution in [0.4, 0.5) is 4.39 Å². The summed E-state index contributed by atoms with van der Waals surface area (Å²) in [6, 6.07) is 5.00. The summed E-state index contributed by atoms with van der Waals surface area (Å²) in [6.07, 6.45) is 3.50. The zero-order chi connectivity index (χ0) is 10.8. The molecule has 0 amide bonds. The van der Waals surface area contributed by atoms with Gasteiger partial charge in [-0.25, -0.2) is 4.57 Å². The van der Waals surface area contributed by atoms with Crippen LogP contribution in [0.25, 0.3) is 5.82 Å². The first-order valence-corrected chi connectivity index (χ1v) is 4.64. The van der Waals surface area contributed by atoms with Crippen molar-refractivity contribution in [3.8, 4) is 5.82 Å². The highest BCUT2D eigenvalue weighted by atomic mass is 19.1. The maximum Gasteiger partial charge on any atom is 0.285 e. The standard InChI is InChI=1S/C11H11FN3/c1-8-6-10(12)14-11(7-8)15-5-3-4-13-9(15)2/h3-7H,1-2H3/q+1. The summed E-state index contributed by atoms with van der Waals surface area (Å²) in [5.74, 6) is 0.855. The average Bonchev–Trinajstić information content (AvgIpc) is 2.16. The molecule has 0 aromatic carbocycles. The summed E-state index contributed by atoms with van der Waals surface area (Å²) in [4.78, 5) is 7.94. The molecule has 2 aromatic rings. The van der Waals surface area contributed by atoms with Gasteiger partial charge in [0.05, 0.1) is 6.20 Å². The molecule has 0 radical (unpaired) electrons. The molecule has 0 aliphatic rings. The lowest BCUT2D eigenvalue weighted by Crippen LogP contribution is -2.36. The molecule has 0 unspecified atom stereocenters. The van der Waals surface area contributed by atoms with Gasteiger partial charge in [0.1, 0.15) is 6.20 Å². The van der Waals surface area contributed by atoms with Crippen molar-refractivity contribution in [3.63, 3.8) is 0 Å². The lowest BCUT2D eigenvalue weighted by atomic mass is 10.3. The van der Waals surface area contributed by atoms with Gasteiger partial charge in [-0.05, 0) is 12.5 Å². The molecule has 0 fully saturated rings. The Morgan fingerprint density at radius 2 is 2.07 bits per heavy atom. The Labute approximate surface area is 87.3 Å². The first kappa shape index (κ1) is 9.71. The molecule has 0 saturated heterocycles. The van der Waals surface area contributed by atoms with E-state index in [4.69, 9.17) is 0 Å². The van der Waals surface area contributed by atoms with E-state index in [9.17, 15) is 4.39 Å². The Kier molecular flexibility index (Phi) is 2.41. The molecule has 0 N–H and O–H groups in total.